The van der Waals surface area contributed by atoms with Crippen molar-refractivity contribution < 1.29 is 13.9 Å². The highest BCUT2D eigenvalue weighted by Gasteiger charge is 2.38. The Labute approximate surface area is 219 Å². The molecular formula is C31H25FN4O2. The first kappa shape index (κ1) is 23.5. The molecule has 188 valence electrons. The van der Waals surface area contributed by atoms with Crippen LogP contribution >= 0.6 is 0 Å². The summed E-state index contributed by atoms with van der Waals surface area (Å²) in [7, 11) is 0. The largest absolute Gasteiger partial charge is 0.438 e. The van der Waals surface area contributed by atoms with Crippen LogP contribution in [0.4, 0.5) is 15.8 Å². The number of anilines is 2. The van der Waals surface area contributed by atoms with E-state index in [2.05, 4.69) is 5.32 Å². The van der Waals surface area contributed by atoms with Gasteiger partial charge in [-0.25, -0.2) is 9.07 Å². The number of carbonyl (C=O) groups is 1. The lowest BCUT2D eigenvalue weighted by molar-refractivity contribution is 0.0974. The van der Waals surface area contributed by atoms with Crippen molar-refractivity contribution in [3.05, 3.63) is 131 Å². The number of fused-ring (bicyclic) bond motifs is 1. The van der Waals surface area contributed by atoms with Crippen LogP contribution in [0, 0.1) is 19.7 Å². The molecule has 0 saturated heterocycles. The van der Waals surface area contributed by atoms with Crippen LogP contribution in [0.25, 0.3) is 5.69 Å². The fourth-order valence-corrected chi connectivity index (χ4v) is 4.72. The second-order valence-electron chi connectivity index (χ2n) is 9.21. The van der Waals surface area contributed by atoms with Crippen molar-refractivity contribution in [2.24, 2.45) is 0 Å². The molecule has 1 N–H and O–H groups in total. The minimum atomic E-state index is -0.618. The van der Waals surface area contributed by atoms with E-state index >= 15 is 0 Å². The van der Waals surface area contributed by atoms with Gasteiger partial charge >= 0.3 is 0 Å². The van der Waals surface area contributed by atoms with Crippen LogP contribution in [0.3, 0.4) is 0 Å². The summed E-state index contributed by atoms with van der Waals surface area (Å²) in [4.78, 5) is 15.7. The Balaban J connectivity index is 1.56. The van der Waals surface area contributed by atoms with Crippen LogP contribution in [0.1, 0.15) is 33.3 Å². The van der Waals surface area contributed by atoms with Crippen molar-refractivity contribution in [3.8, 4) is 17.3 Å². The predicted octanol–water partition coefficient (Wildman–Crippen LogP) is 7.19. The molecule has 0 fully saturated rings. The molecular weight excluding hydrogens is 479 g/mol. The van der Waals surface area contributed by atoms with Gasteiger partial charge in [-0.3, -0.25) is 9.69 Å². The molecule has 0 saturated carbocycles. The van der Waals surface area contributed by atoms with Crippen LogP contribution in [-0.2, 0) is 0 Å². The monoisotopic (exact) mass is 504 g/mol. The Hall–Kier alpha value is -4.91. The fourth-order valence-electron chi connectivity index (χ4n) is 4.72. The molecule has 0 radical (unpaired) electrons. The first-order chi connectivity index (χ1) is 18.5. The molecule has 1 atom stereocenters. The number of halogens is 1. The lowest BCUT2D eigenvalue weighted by Gasteiger charge is -2.38. The number of aromatic nitrogens is 2. The topological polar surface area (TPSA) is 59.4 Å². The number of carbonyl (C=O) groups excluding carboxylic acids is 1. The highest BCUT2D eigenvalue weighted by Crippen LogP contribution is 2.43. The van der Waals surface area contributed by atoms with E-state index in [1.807, 2.05) is 92.7 Å². The molecule has 0 aliphatic carbocycles. The number of nitrogens with one attached hydrogen (secondary N) is 1. The SMILES string of the molecule is Cc1ccc(N2C(=O)c3ccccc3NC2c2c(C)nn(-c3ccccc3)c2Oc2ccc(F)cc2)cc1. The standard InChI is InChI=1S/C31H25FN4O2/c1-20-12-16-23(17-13-20)35-29(33-27-11-7-6-10-26(27)30(35)37)28-21(2)34-36(24-8-4-3-5-9-24)31(28)38-25-18-14-22(32)15-19-25/h3-19,29,33H,1-2H3. The average Bonchev–Trinajstić information content (AvgIpc) is 3.26. The van der Waals surface area contributed by atoms with E-state index < -0.39 is 6.17 Å². The van der Waals surface area contributed by atoms with E-state index in [0.717, 1.165) is 22.6 Å². The number of amides is 1. The molecule has 0 spiro atoms. The van der Waals surface area contributed by atoms with Crippen molar-refractivity contribution in [3.63, 3.8) is 0 Å². The van der Waals surface area contributed by atoms with Crippen molar-refractivity contribution in [1.29, 1.82) is 0 Å². The van der Waals surface area contributed by atoms with E-state index in [1.165, 1.54) is 12.1 Å². The zero-order valence-corrected chi connectivity index (χ0v) is 20.9. The predicted molar refractivity (Wildman–Crippen MR) is 146 cm³/mol. The lowest BCUT2D eigenvalue weighted by atomic mass is 10.0. The summed E-state index contributed by atoms with van der Waals surface area (Å²) in [6, 6.07) is 30.8. The Bertz CT molecular complexity index is 1610. The second-order valence-corrected chi connectivity index (χ2v) is 9.21. The van der Waals surface area contributed by atoms with Gasteiger partial charge in [0.1, 0.15) is 17.7 Å². The van der Waals surface area contributed by atoms with Gasteiger partial charge < -0.3 is 10.1 Å². The van der Waals surface area contributed by atoms with Gasteiger partial charge in [0.2, 0.25) is 5.88 Å². The maximum absolute atomic E-state index is 14.0. The molecule has 1 aliphatic rings. The molecule has 2 heterocycles. The minimum absolute atomic E-state index is 0.132. The third kappa shape index (κ3) is 4.18. The minimum Gasteiger partial charge on any atom is -0.438 e. The summed E-state index contributed by atoms with van der Waals surface area (Å²) in [5.74, 6) is 0.399. The first-order valence-corrected chi connectivity index (χ1v) is 12.3. The zero-order valence-electron chi connectivity index (χ0n) is 20.9. The number of benzene rings is 4. The lowest BCUT2D eigenvalue weighted by Crippen LogP contribution is -2.43. The number of rotatable bonds is 5. The molecule has 1 aliphatic heterocycles. The van der Waals surface area contributed by atoms with Gasteiger partial charge in [0.05, 0.1) is 22.5 Å². The first-order valence-electron chi connectivity index (χ1n) is 12.3. The van der Waals surface area contributed by atoms with Crippen molar-refractivity contribution in [1.82, 2.24) is 9.78 Å². The Morgan fingerprint density at radius 3 is 2.24 bits per heavy atom. The van der Waals surface area contributed by atoms with Crippen LogP contribution in [0.2, 0.25) is 0 Å². The molecule has 1 unspecified atom stereocenters. The third-order valence-corrected chi connectivity index (χ3v) is 6.60. The van der Waals surface area contributed by atoms with Crippen molar-refractivity contribution in [2.45, 2.75) is 20.0 Å². The number of hydrogen-bond acceptors (Lipinski definition) is 4. The van der Waals surface area contributed by atoms with Crippen LogP contribution in [-0.4, -0.2) is 15.7 Å². The Kier molecular flexibility index (Phi) is 5.88. The van der Waals surface area contributed by atoms with Crippen molar-refractivity contribution >= 4 is 17.3 Å². The van der Waals surface area contributed by atoms with Crippen molar-refractivity contribution in [2.75, 3.05) is 10.2 Å². The van der Waals surface area contributed by atoms with E-state index in [1.54, 1.807) is 21.7 Å². The highest BCUT2D eigenvalue weighted by atomic mass is 19.1. The van der Waals surface area contributed by atoms with Gasteiger partial charge in [-0.05, 0) is 74.5 Å². The molecule has 7 heteroatoms. The highest BCUT2D eigenvalue weighted by molar-refractivity contribution is 6.12. The second kappa shape index (κ2) is 9.52. The molecule has 4 aromatic carbocycles. The summed E-state index contributed by atoms with van der Waals surface area (Å²) < 4.78 is 21.8. The maximum atomic E-state index is 14.0. The maximum Gasteiger partial charge on any atom is 0.262 e. The third-order valence-electron chi connectivity index (χ3n) is 6.60. The molecule has 5 aromatic rings. The number of ether oxygens (including phenoxy) is 1. The van der Waals surface area contributed by atoms with Crippen LogP contribution in [0.15, 0.2) is 103 Å². The average molecular weight is 505 g/mol. The summed E-state index contributed by atoms with van der Waals surface area (Å²) >= 11 is 0. The van der Waals surface area contributed by atoms with Gasteiger partial charge in [0.15, 0.2) is 0 Å². The molecule has 6 rings (SSSR count). The normalized spacial score (nSPS) is 14.7. The van der Waals surface area contributed by atoms with Gasteiger partial charge in [0.25, 0.3) is 5.91 Å². The fraction of sp³-hybridized carbons (Fsp3) is 0.0968. The molecule has 1 amide bonds. The van der Waals surface area contributed by atoms with E-state index in [9.17, 15) is 9.18 Å². The number of para-hydroxylation sites is 2. The Morgan fingerprint density at radius 2 is 1.50 bits per heavy atom. The quantitative estimate of drug-likeness (QED) is 0.275. The number of aryl methyl sites for hydroxylation is 2. The smallest absolute Gasteiger partial charge is 0.262 e. The van der Waals surface area contributed by atoms with Gasteiger partial charge in [-0.1, -0.05) is 48.0 Å². The summed E-state index contributed by atoms with van der Waals surface area (Å²) in [5.41, 5.74) is 5.32. The molecule has 1 aromatic heterocycles. The molecule has 38 heavy (non-hydrogen) atoms. The molecule has 0 bridgehead atoms. The number of hydrogen-bond donors (Lipinski definition) is 1. The van der Waals surface area contributed by atoms with E-state index in [-0.39, 0.29) is 11.7 Å². The van der Waals surface area contributed by atoms with Gasteiger partial charge in [-0.15, -0.1) is 0 Å². The summed E-state index contributed by atoms with van der Waals surface area (Å²) in [6.45, 7) is 3.90. The Morgan fingerprint density at radius 1 is 0.816 bits per heavy atom. The summed E-state index contributed by atoms with van der Waals surface area (Å²) in [5, 5.41) is 8.39. The summed E-state index contributed by atoms with van der Waals surface area (Å²) in [6.07, 6.45) is -0.618. The van der Waals surface area contributed by atoms with E-state index in [0.29, 0.717) is 28.5 Å². The zero-order chi connectivity index (χ0) is 26.2. The van der Waals surface area contributed by atoms with Crippen LogP contribution in [0.5, 0.6) is 11.6 Å². The van der Waals surface area contributed by atoms with Gasteiger partial charge in [0, 0.05) is 11.4 Å². The number of nitrogens with zero attached hydrogens (tertiary/aromatic N) is 3. The van der Waals surface area contributed by atoms with E-state index in [4.69, 9.17) is 9.84 Å². The molecule has 6 nitrogen and oxygen atoms in total. The van der Waals surface area contributed by atoms with Crippen LogP contribution < -0.4 is 15.0 Å². The van der Waals surface area contributed by atoms with Gasteiger partial charge in [-0.2, -0.15) is 5.10 Å².